The Balaban J connectivity index is 1.25. The lowest BCUT2D eigenvalue weighted by Gasteiger charge is -2.35. The lowest BCUT2D eigenvalue weighted by Crippen LogP contribution is -2.49. The molecule has 3 amide bonds. The molecule has 2 aromatic rings. The maximum Gasteiger partial charge on any atom is 0.317 e. The molecule has 2 aliphatic heterocycles. The van der Waals surface area contributed by atoms with Gasteiger partial charge < -0.3 is 20.0 Å². The molecular formula is C25H33N5O2. The van der Waals surface area contributed by atoms with E-state index < -0.39 is 0 Å². The van der Waals surface area contributed by atoms with Crippen LogP contribution < -0.4 is 10.2 Å². The number of hydrogen-bond acceptors (Lipinski definition) is 4. The van der Waals surface area contributed by atoms with E-state index in [2.05, 4.69) is 27.3 Å². The molecule has 1 aromatic carbocycles. The summed E-state index contributed by atoms with van der Waals surface area (Å²) in [6, 6.07) is 14.1. The van der Waals surface area contributed by atoms with Gasteiger partial charge >= 0.3 is 6.03 Å². The molecule has 0 atom stereocenters. The Labute approximate surface area is 190 Å². The molecule has 0 unspecified atom stereocenters. The summed E-state index contributed by atoms with van der Waals surface area (Å²) in [5, 5.41) is 2.88. The van der Waals surface area contributed by atoms with Gasteiger partial charge in [0.2, 0.25) is 0 Å². The lowest BCUT2D eigenvalue weighted by molar-refractivity contribution is 0.0746. The number of pyridine rings is 1. The number of benzene rings is 1. The molecule has 0 saturated carbocycles. The van der Waals surface area contributed by atoms with E-state index >= 15 is 0 Å². The molecule has 2 saturated heterocycles. The summed E-state index contributed by atoms with van der Waals surface area (Å²) in [5.74, 6) is 1.66. The van der Waals surface area contributed by atoms with Crippen molar-refractivity contribution in [2.75, 3.05) is 50.7 Å². The van der Waals surface area contributed by atoms with E-state index in [9.17, 15) is 9.59 Å². The van der Waals surface area contributed by atoms with Crippen molar-refractivity contribution < 1.29 is 9.59 Å². The predicted molar refractivity (Wildman–Crippen MR) is 126 cm³/mol. The first kappa shape index (κ1) is 22.1. The number of piperazine rings is 1. The first-order valence-corrected chi connectivity index (χ1v) is 11.7. The number of carbonyl (C=O) groups excluding carboxylic acids is 2. The van der Waals surface area contributed by atoms with Gasteiger partial charge in [-0.1, -0.05) is 18.2 Å². The van der Waals surface area contributed by atoms with Crippen molar-refractivity contribution in [1.29, 1.82) is 0 Å². The van der Waals surface area contributed by atoms with Gasteiger partial charge in [-0.05, 0) is 61.9 Å². The number of amides is 3. The predicted octanol–water partition coefficient (Wildman–Crippen LogP) is 3.03. The number of aromatic nitrogens is 1. The number of piperidine rings is 1. The van der Waals surface area contributed by atoms with E-state index in [4.69, 9.17) is 0 Å². The van der Waals surface area contributed by atoms with E-state index in [0.29, 0.717) is 25.6 Å². The van der Waals surface area contributed by atoms with E-state index in [1.54, 1.807) is 6.20 Å². The molecule has 0 radical (unpaired) electrons. The van der Waals surface area contributed by atoms with Crippen LogP contribution in [-0.4, -0.2) is 72.5 Å². The summed E-state index contributed by atoms with van der Waals surface area (Å²) < 4.78 is 0. The van der Waals surface area contributed by atoms with Crippen LogP contribution in [0.2, 0.25) is 0 Å². The summed E-state index contributed by atoms with van der Waals surface area (Å²) in [6.45, 7) is 7.27. The Morgan fingerprint density at radius 1 is 0.938 bits per heavy atom. The van der Waals surface area contributed by atoms with Crippen LogP contribution in [0.4, 0.5) is 10.6 Å². The molecule has 7 heteroatoms. The standard InChI is InChI=1S/C25H33N5O2/c1-2-26-25(32)30-13-10-21(11-14-30)19-20-6-8-22(9-7-20)24(31)29-17-15-28(16-18-29)23-5-3-4-12-27-23/h3-9,12,21H,2,10-11,13-19H2,1H3,(H,26,32). The first-order chi connectivity index (χ1) is 15.6. The van der Waals surface area contributed by atoms with Gasteiger partial charge in [0.25, 0.3) is 5.91 Å². The topological polar surface area (TPSA) is 68.8 Å². The maximum absolute atomic E-state index is 12.9. The van der Waals surface area contributed by atoms with E-state index in [1.807, 2.05) is 47.1 Å². The summed E-state index contributed by atoms with van der Waals surface area (Å²) in [7, 11) is 0. The van der Waals surface area contributed by atoms with Gasteiger partial charge in [0, 0.05) is 57.6 Å². The molecule has 32 heavy (non-hydrogen) atoms. The fourth-order valence-electron chi connectivity index (χ4n) is 4.58. The molecular weight excluding hydrogens is 402 g/mol. The Morgan fingerprint density at radius 3 is 2.28 bits per heavy atom. The van der Waals surface area contributed by atoms with Crippen molar-refractivity contribution in [1.82, 2.24) is 20.1 Å². The average Bonchev–Trinajstić information content (AvgIpc) is 2.85. The quantitative estimate of drug-likeness (QED) is 0.784. The van der Waals surface area contributed by atoms with Crippen molar-refractivity contribution in [3.8, 4) is 0 Å². The van der Waals surface area contributed by atoms with Gasteiger partial charge in [-0.15, -0.1) is 0 Å². The minimum Gasteiger partial charge on any atom is -0.353 e. The molecule has 170 valence electrons. The van der Waals surface area contributed by atoms with Gasteiger partial charge in [0.15, 0.2) is 0 Å². The second kappa shape index (κ2) is 10.5. The number of likely N-dealkylation sites (tertiary alicyclic amines) is 1. The number of anilines is 1. The number of nitrogens with zero attached hydrogens (tertiary/aromatic N) is 4. The van der Waals surface area contributed by atoms with E-state index in [-0.39, 0.29) is 11.9 Å². The van der Waals surface area contributed by atoms with E-state index in [1.165, 1.54) is 5.56 Å². The molecule has 1 N–H and O–H groups in total. The van der Waals surface area contributed by atoms with Gasteiger partial charge in [0.1, 0.15) is 5.82 Å². The van der Waals surface area contributed by atoms with Crippen LogP contribution in [0.5, 0.6) is 0 Å². The monoisotopic (exact) mass is 435 g/mol. The zero-order valence-corrected chi connectivity index (χ0v) is 18.9. The third kappa shape index (κ3) is 5.39. The molecule has 7 nitrogen and oxygen atoms in total. The van der Waals surface area contributed by atoms with E-state index in [0.717, 1.165) is 56.8 Å². The Kier molecular flexibility index (Phi) is 7.24. The van der Waals surface area contributed by atoms with Gasteiger partial charge in [-0.3, -0.25) is 4.79 Å². The Morgan fingerprint density at radius 2 is 1.66 bits per heavy atom. The van der Waals surface area contributed by atoms with Crippen LogP contribution in [0.3, 0.4) is 0 Å². The Bertz CT molecular complexity index is 886. The van der Waals surface area contributed by atoms with Crippen LogP contribution in [0, 0.1) is 5.92 Å². The van der Waals surface area contributed by atoms with Crippen LogP contribution in [0.25, 0.3) is 0 Å². The van der Waals surface area contributed by atoms with Crippen LogP contribution in [0.1, 0.15) is 35.7 Å². The molecule has 4 rings (SSSR count). The molecule has 0 bridgehead atoms. The molecule has 3 heterocycles. The highest BCUT2D eigenvalue weighted by Gasteiger charge is 2.24. The van der Waals surface area contributed by atoms with Crippen molar-refractivity contribution in [3.05, 3.63) is 59.8 Å². The Hall–Kier alpha value is -3.09. The van der Waals surface area contributed by atoms with Gasteiger partial charge in [-0.2, -0.15) is 0 Å². The second-order valence-electron chi connectivity index (χ2n) is 8.63. The molecule has 0 spiro atoms. The number of nitrogens with one attached hydrogen (secondary N) is 1. The normalized spacial score (nSPS) is 17.3. The zero-order chi connectivity index (χ0) is 22.3. The summed E-state index contributed by atoms with van der Waals surface area (Å²) >= 11 is 0. The molecule has 2 aliphatic rings. The minimum absolute atomic E-state index is 0.0506. The van der Waals surface area contributed by atoms with Gasteiger partial charge in [-0.25, -0.2) is 9.78 Å². The summed E-state index contributed by atoms with van der Waals surface area (Å²) in [6.07, 6.45) is 4.86. The highest BCUT2D eigenvalue weighted by Crippen LogP contribution is 2.22. The number of hydrogen-bond donors (Lipinski definition) is 1. The highest BCUT2D eigenvalue weighted by atomic mass is 16.2. The van der Waals surface area contributed by atoms with Crippen LogP contribution >= 0.6 is 0 Å². The lowest BCUT2D eigenvalue weighted by atomic mass is 9.90. The highest BCUT2D eigenvalue weighted by molar-refractivity contribution is 5.94. The van der Waals surface area contributed by atoms with Crippen LogP contribution in [0.15, 0.2) is 48.7 Å². The average molecular weight is 436 g/mol. The summed E-state index contributed by atoms with van der Waals surface area (Å²) in [4.78, 5) is 35.4. The van der Waals surface area contributed by atoms with Gasteiger partial charge in [0.05, 0.1) is 0 Å². The maximum atomic E-state index is 12.9. The van der Waals surface area contributed by atoms with Crippen molar-refractivity contribution in [3.63, 3.8) is 0 Å². The van der Waals surface area contributed by atoms with Crippen molar-refractivity contribution in [2.24, 2.45) is 5.92 Å². The molecule has 1 aromatic heterocycles. The third-order valence-electron chi connectivity index (χ3n) is 6.50. The fourth-order valence-corrected chi connectivity index (χ4v) is 4.58. The smallest absolute Gasteiger partial charge is 0.317 e. The second-order valence-corrected chi connectivity index (χ2v) is 8.63. The number of carbonyl (C=O) groups is 2. The fraction of sp³-hybridized carbons (Fsp3) is 0.480. The van der Waals surface area contributed by atoms with Crippen molar-refractivity contribution in [2.45, 2.75) is 26.2 Å². The third-order valence-corrected chi connectivity index (χ3v) is 6.50. The minimum atomic E-state index is 0.0506. The summed E-state index contributed by atoms with van der Waals surface area (Å²) in [5.41, 5.74) is 2.02. The molecule has 2 fully saturated rings. The van der Waals surface area contributed by atoms with Crippen LogP contribution in [-0.2, 0) is 6.42 Å². The number of rotatable bonds is 5. The number of urea groups is 1. The molecule has 0 aliphatic carbocycles. The zero-order valence-electron chi connectivity index (χ0n) is 18.9. The van der Waals surface area contributed by atoms with Crippen molar-refractivity contribution >= 4 is 17.8 Å². The largest absolute Gasteiger partial charge is 0.353 e. The first-order valence-electron chi connectivity index (χ1n) is 11.7. The SMILES string of the molecule is CCNC(=O)N1CCC(Cc2ccc(C(=O)N3CCN(c4ccccn4)CC3)cc2)CC1.